The molecular weight excluding hydrogens is 222 g/mol. The smallest absolute Gasteiger partial charge is 0.321 e. The number of carboxylic acid groups (broad SMARTS) is 1. The lowest BCUT2D eigenvalue weighted by molar-refractivity contribution is -0.139. The zero-order chi connectivity index (χ0) is 12.6. The van der Waals surface area contributed by atoms with Crippen LogP contribution in [-0.2, 0) is 4.79 Å². The number of unbranched alkanes of at least 4 members (excludes halogenated alkanes) is 4. The van der Waals surface area contributed by atoms with E-state index in [2.05, 4.69) is 6.92 Å². The van der Waals surface area contributed by atoms with E-state index in [9.17, 15) is 4.79 Å². The van der Waals surface area contributed by atoms with Crippen molar-refractivity contribution in [3.05, 3.63) is 0 Å². The van der Waals surface area contributed by atoms with E-state index in [0.29, 0.717) is 0 Å². The lowest BCUT2D eigenvalue weighted by Crippen LogP contribution is -2.46. The quantitative estimate of drug-likeness (QED) is 0.615. The highest BCUT2D eigenvalue weighted by atomic mass is 32.2. The van der Waals surface area contributed by atoms with Gasteiger partial charge in [-0.3, -0.25) is 4.79 Å². The van der Waals surface area contributed by atoms with Crippen molar-refractivity contribution in [2.75, 3.05) is 5.75 Å². The number of hydrogen-bond donors (Lipinski definition) is 2. The van der Waals surface area contributed by atoms with E-state index < -0.39 is 12.0 Å². The Bertz CT molecular complexity index is 207. The van der Waals surface area contributed by atoms with E-state index in [1.54, 1.807) is 11.8 Å². The van der Waals surface area contributed by atoms with Crippen LogP contribution >= 0.6 is 11.8 Å². The summed E-state index contributed by atoms with van der Waals surface area (Å²) in [5.41, 5.74) is 5.64. The third-order valence-electron chi connectivity index (χ3n) is 2.74. The van der Waals surface area contributed by atoms with Crippen LogP contribution in [0.15, 0.2) is 0 Å². The molecule has 0 aromatic heterocycles. The first kappa shape index (κ1) is 15.8. The zero-order valence-corrected chi connectivity index (χ0v) is 11.5. The van der Waals surface area contributed by atoms with Gasteiger partial charge < -0.3 is 10.8 Å². The van der Waals surface area contributed by atoms with Crippen LogP contribution in [0.3, 0.4) is 0 Å². The summed E-state index contributed by atoms with van der Waals surface area (Å²) in [5.74, 6) is 0.0843. The normalized spacial score (nSPS) is 13.8. The molecule has 0 aliphatic heterocycles. The summed E-state index contributed by atoms with van der Waals surface area (Å²) in [5, 5.41) is 8.85. The molecule has 3 N–H and O–H groups in total. The Labute approximate surface area is 103 Å². The molecule has 0 amide bonds. The first-order valence-corrected chi connectivity index (χ1v) is 7.02. The number of thioether (sulfide) groups is 1. The summed E-state index contributed by atoms with van der Waals surface area (Å²) < 4.78 is -0.378. The summed E-state index contributed by atoms with van der Waals surface area (Å²) in [6.07, 6.45) is 6.22. The fourth-order valence-corrected chi connectivity index (χ4v) is 2.58. The lowest BCUT2D eigenvalue weighted by atomic mass is 10.1. The topological polar surface area (TPSA) is 63.3 Å². The Morgan fingerprint density at radius 2 is 1.88 bits per heavy atom. The molecule has 0 rings (SSSR count). The molecule has 0 heterocycles. The first-order chi connectivity index (χ1) is 7.41. The van der Waals surface area contributed by atoms with Crippen molar-refractivity contribution < 1.29 is 9.90 Å². The highest BCUT2D eigenvalue weighted by Gasteiger charge is 2.32. The van der Waals surface area contributed by atoms with Gasteiger partial charge in [0.25, 0.3) is 0 Å². The number of aliphatic carboxylic acids is 1. The van der Waals surface area contributed by atoms with Gasteiger partial charge in [0.05, 0.1) is 0 Å². The van der Waals surface area contributed by atoms with E-state index in [0.717, 1.165) is 12.2 Å². The van der Waals surface area contributed by atoms with E-state index in [4.69, 9.17) is 10.8 Å². The Balaban J connectivity index is 3.70. The van der Waals surface area contributed by atoms with Gasteiger partial charge in [-0.2, -0.15) is 11.8 Å². The number of carboxylic acids is 1. The highest BCUT2D eigenvalue weighted by Crippen LogP contribution is 2.28. The lowest BCUT2D eigenvalue weighted by Gasteiger charge is -2.27. The van der Waals surface area contributed by atoms with Crippen molar-refractivity contribution >= 4 is 17.7 Å². The molecule has 0 bridgehead atoms. The third-order valence-corrected chi connectivity index (χ3v) is 4.23. The molecule has 0 aliphatic carbocycles. The first-order valence-electron chi connectivity index (χ1n) is 6.04. The van der Waals surface area contributed by atoms with Crippen LogP contribution in [0.1, 0.15) is 52.9 Å². The molecule has 0 unspecified atom stereocenters. The summed E-state index contributed by atoms with van der Waals surface area (Å²) in [6, 6.07) is -0.784. The van der Waals surface area contributed by atoms with Crippen LogP contribution in [0.5, 0.6) is 0 Å². The number of hydrogen-bond acceptors (Lipinski definition) is 3. The molecule has 96 valence electrons. The van der Waals surface area contributed by atoms with Gasteiger partial charge in [-0.1, -0.05) is 32.6 Å². The molecule has 0 aromatic carbocycles. The van der Waals surface area contributed by atoms with Crippen LogP contribution in [0, 0.1) is 0 Å². The molecule has 1 atom stereocenters. The molecule has 0 saturated carbocycles. The summed E-state index contributed by atoms with van der Waals surface area (Å²) in [4.78, 5) is 10.8. The second kappa shape index (κ2) is 7.96. The molecule has 0 saturated heterocycles. The summed E-state index contributed by atoms with van der Waals surface area (Å²) in [7, 11) is 0. The van der Waals surface area contributed by atoms with Gasteiger partial charge >= 0.3 is 5.97 Å². The minimum Gasteiger partial charge on any atom is -0.480 e. The number of rotatable bonds is 9. The Morgan fingerprint density at radius 3 is 2.38 bits per heavy atom. The molecule has 0 aromatic rings. The van der Waals surface area contributed by atoms with Crippen LogP contribution in [0.4, 0.5) is 0 Å². The van der Waals surface area contributed by atoms with E-state index in [-0.39, 0.29) is 4.75 Å². The molecule has 16 heavy (non-hydrogen) atoms. The monoisotopic (exact) mass is 247 g/mol. The molecule has 0 radical (unpaired) electrons. The number of nitrogens with two attached hydrogens (primary N) is 1. The molecule has 0 fully saturated rings. The zero-order valence-electron chi connectivity index (χ0n) is 10.7. The van der Waals surface area contributed by atoms with Crippen molar-refractivity contribution in [3.8, 4) is 0 Å². The van der Waals surface area contributed by atoms with Gasteiger partial charge in [0.2, 0.25) is 0 Å². The molecular formula is C12H25NO2S. The van der Waals surface area contributed by atoms with Crippen LogP contribution in [0.2, 0.25) is 0 Å². The Hall–Kier alpha value is -0.220. The van der Waals surface area contributed by atoms with Crippen molar-refractivity contribution in [2.24, 2.45) is 5.73 Å². The van der Waals surface area contributed by atoms with Crippen molar-refractivity contribution in [2.45, 2.75) is 63.7 Å². The van der Waals surface area contributed by atoms with Crippen LogP contribution in [-0.4, -0.2) is 27.6 Å². The molecule has 4 heteroatoms. The summed E-state index contributed by atoms with van der Waals surface area (Å²) >= 11 is 1.67. The largest absolute Gasteiger partial charge is 0.480 e. The van der Waals surface area contributed by atoms with Gasteiger partial charge in [-0.25, -0.2) is 0 Å². The van der Waals surface area contributed by atoms with Crippen LogP contribution < -0.4 is 5.73 Å². The van der Waals surface area contributed by atoms with Crippen molar-refractivity contribution in [1.82, 2.24) is 0 Å². The van der Waals surface area contributed by atoms with E-state index in [1.165, 1.54) is 25.7 Å². The number of carbonyl (C=O) groups is 1. The summed E-state index contributed by atoms with van der Waals surface area (Å²) in [6.45, 7) is 6.01. The minimum absolute atomic E-state index is 0.378. The molecule has 3 nitrogen and oxygen atoms in total. The standard InChI is InChI=1S/C12H25NO2S/c1-4-5-6-7-8-9-16-12(2,3)10(13)11(14)15/h10H,4-9,13H2,1-3H3,(H,14,15)/t10-/m0/s1. The maximum absolute atomic E-state index is 10.8. The second-order valence-electron chi connectivity index (χ2n) is 4.68. The van der Waals surface area contributed by atoms with Gasteiger partial charge in [-0.05, 0) is 26.0 Å². The van der Waals surface area contributed by atoms with Crippen LogP contribution in [0.25, 0.3) is 0 Å². The average Bonchev–Trinajstić information content (AvgIpc) is 2.22. The van der Waals surface area contributed by atoms with Crippen molar-refractivity contribution in [1.29, 1.82) is 0 Å². The van der Waals surface area contributed by atoms with Crippen molar-refractivity contribution in [3.63, 3.8) is 0 Å². The highest BCUT2D eigenvalue weighted by molar-refractivity contribution is 8.00. The maximum atomic E-state index is 10.8. The molecule has 0 spiro atoms. The van der Waals surface area contributed by atoms with E-state index >= 15 is 0 Å². The average molecular weight is 247 g/mol. The third kappa shape index (κ3) is 6.38. The fraction of sp³-hybridized carbons (Fsp3) is 0.917. The van der Waals surface area contributed by atoms with Gasteiger partial charge in [0.15, 0.2) is 0 Å². The Kier molecular flexibility index (Phi) is 7.85. The minimum atomic E-state index is -0.913. The maximum Gasteiger partial charge on any atom is 0.321 e. The second-order valence-corrected chi connectivity index (χ2v) is 6.43. The Morgan fingerprint density at radius 1 is 1.31 bits per heavy atom. The van der Waals surface area contributed by atoms with Gasteiger partial charge in [0, 0.05) is 4.75 Å². The predicted molar refractivity (Wildman–Crippen MR) is 70.9 cm³/mol. The van der Waals surface area contributed by atoms with E-state index in [1.807, 2.05) is 13.8 Å². The van der Waals surface area contributed by atoms with Gasteiger partial charge in [0.1, 0.15) is 6.04 Å². The SMILES string of the molecule is CCCCCCCSC(C)(C)[C@@H](N)C(=O)O. The fourth-order valence-electron chi connectivity index (χ4n) is 1.43. The molecule has 0 aliphatic rings. The van der Waals surface area contributed by atoms with Gasteiger partial charge in [-0.15, -0.1) is 0 Å². The predicted octanol–water partition coefficient (Wildman–Crippen LogP) is 2.88.